The summed E-state index contributed by atoms with van der Waals surface area (Å²) >= 11 is 0. The van der Waals surface area contributed by atoms with Gasteiger partial charge in [-0.25, -0.2) is 0 Å². The first kappa shape index (κ1) is 23.3. The quantitative estimate of drug-likeness (QED) is 0.355. The highest BCUT2D eigenvalue weighted by atomic mass is 16.5. The van der Waals surface area contributed by atoms with Gasteiger partial charge in [0.05, 0.1) is 12.2 Å². The number of methoxy groups -OCH3 is 1. The molecular formula is C24H40O4. The third kappa shape index (κ3) is 6.27. The second-order valence-corrected chi connectivity index (χ2v) is 8.76. The summed E-state index contributed by atoms with van der Waals surface area (Å²) < 4.78 is 5.16. The summed E-state index contributed by atoms with van der Waals surface area (Å²) in [5.41, 5.74) is 0.0361. The normalized spacial score (nSPS) is 28.3. The summed E-state index contributed by atoms with van der Waals surface area (Å²) in [6, 6.07) is 0. The molecule has 2 aliphatic carbocycles. The summed E-state index contributed by atoms with van der Waals surface area (Å²) in [5.74, 6) is -0.0835. The topological polar surface area (TPSA) is 66.8 Å². The van der Waals surface area contributed by atoms with Gasteiger partial charge >= 0.3 is 0 Å². The molecule has 0 amide bonds. The van der Waals surface area contributed by atoms with Gasteiger partial charge in [-0.15, -0.1) is 0 Å². The first-order chi connectivity index (χ1) is 13.5. The molecule has 0 heterocycles. The number of carbonyl (C=O) groups is 1. The Morgan fingerprint density at radius 1 is 1.25 bits per heavy atom. The van der Waals surface area contributed by atoms with Crippen LogP contribution in [0, 0.1) is 17.3 Å². The van der Waals surface area contributed by atoms with E-state index in [-0.39, 0.29) is 35.6 Å². The highest BCUT2D eigenvalue weighted by Gasteiger charge is 2.42. The number of aliphatic hydroxyl groups is 2. The van der Waals surface area contributed by atoms with Crippen molar-refractivity contribution in [3.05, 3.63) is 24.3 Å². The summed E-state index contributed by atoms with van der Waals surface area (Å²) in [5, 5.41) is 21.1. The van der Waals surface area contributed by atoms with Gasteiger partial charge in [-0.3, -0.25) is 4.79 Å². The van der Waals surface area contributed by atoms with Gasteiger partial charge in [0.2, 0.25) is 0 Å². The van der Waals surface area contributed by atoms with Crippen LogP contribution in [0.15, 0.2) is 24.3 Å². The first-order valence-electron chi connectivity index (χ1n) is 11.2. The van der Waals surface area contributed by atoms with E-state index in [0.717, 1.165) is 38.7 Å². The molecule has 2 rings (SSSR count). The average molecular weight is 393 g/mol. The van der Waals surface area contributed by atoms with Gasteiger partial charge < -0.3 is 14.9 Å². The molecule has 0 aromatic rings. The van der Waals surface area contributed by atoms with Crippen LogP contribution >= 0.6 is 0 Å². The maximum Gasteiger partial charge on any atom is 0.139 e. The molecule has 0 aliphatic heterocycles. The number of hydrogen-bond donors (Lipinski definition) is 2. The Hall–Kier alpha value is -0.970. The van der Waals surface area contributed by atoms with E-state index < -0.39 is 6.10 Å². The number of rotatable bonds is 13. The van der Waals surface area contributed by atoms with E-state index in [1.165, 1.54) is 19.3 Å². The van der Waals surface area contributed by atoms with Crippen molar-refractivity contribution in [2.45, 2.75) is 89.8 Å². The van der Waals surface area contributed by atoms with Crippen LogP contribution in [-0.4, -0.2) is 41.9 Å². The molecule has 0 aromatic heterocycles. The first-order valence-corrected chi connectivity index (χ1v) is 11.2. The van der Waals surface area contributed by atoms with Crippen molar-refractivity contribution in [2.24, 2.45) is 17.3 Å². The molecule has 0 aromatic carbocycles. The number of ketones is 1. The number of carbonyl (C=O) groups excluding carboxylic acids is 1. The van der Waals surface area contributed by atoms with E-state index in [1.54, 1.807) is 7.11 Å². The van der Waals surface area contributed by atoms with E-state index in [4.69, 9.17) is 4.74 Å². The molecular weight excluding hydrogens is 352 g/mol. The molecule has 1 unspecified atom stereocenters. The molecule has 4 heteroatoms. The SMILES string of the molecule is CCCC/C=C\C[C@H]1C(=O)C[C@@H](O)[C@@H]1/C=C/CC(O)C1(CCCOC)CCC1. The van der Waals surface area contributed by atoms with E-state index in [1.807, 2.05) is 12.2 Å². The minimum absolute atomic E-state index is 0.0361. The van der Waals surface area contributed by atoms with E-state index in [0.29, 0.717) is 12.8 Å². The zero-order chi connectivity index (χ0) is 20.4. The lowest BCUT2D eigenvalue weighted by molar-refractivity contribution is -0.121. The fraction of sp³-hybridized carbons (Fsp3) is 0.792. The third-order valence-electron chi connectivity index (χ3n) is 6.81. The Labute approximate surface area is 171 Å². The van der Waals surface area contributed by atoms with Crippen LogP contribution in [0.1, 0.15) is 77.6 Å². The molecule has 0 bridgehead atoms. The number of hydrogen-bond acceptors (Lipinski definition) is 4. The predicted molar refractivity (Wildman–Crippen MR) is 113 cm³/mol. The van der Waals surface area contributed by atoms with Crippen LogP contribution in [0.5, 0.6) is 0 Å². The second kappa shape index (κ2) is 11.9. The molecule has 0 radical (unpaired) electrons. The number of ether oxygens (including phenoxy) is 1. The molecule has 28 heavy (non-hydrogen) atoms. The summed E-state index contributed by atoms with van der Waals surface area (Å²) in [4.78, 5) is 12.3. The standard InChI is InChI=1S/C24H40O4/c1-3-4-5-6-7-11-19-20(22(26)18-21(19)25)12-8-13-23(27)24(14-9-15-24)16-10-17-28-2/h6-8,12,19-20,22-23,26-27H,3-5,9-11,13-18H2,1-2H3/b7-6-,12-8+/t19-,20-,22-,23?/m1/s1. The van der Waals surface area contributed by atoms with E-state index >= 15 is 0 Å². The molecule has 2 aliphatic rings. The molecule has 4 nitrogen and oxygen atoms in total. The monoisotopic (exact) mass is 392 g/mol. The Morgan fingerprint density at radius 2 is 2.04 bits per heavy atom. The largest absolute Gasteiger partial charge is 0.392 e. The molecule has 0 spiro atoms. The van der Waals surface area contributed by atoms with Crippen LogP contribution in [-0.2, 0) is 9.53 Å². The lowest BCUT2D eigenvalue weighted by atomic mass is 9.62. The van der Waals surface area contributed by atoms with Crippen molar-refractivity contribution >= 4 is 5.78 Å². The Morgan fingerprint density at radius 3 is 2.68 bits per heavy atom. The second-order valence-electron chi connectivity index (χ2n) is 8.76. The number of aliphatic hydroxyl groups excluding tert-OH is 2. The predicted octanol–water partition coefficient (Wildman–Crippen LogP) is 4.59. The smallest absolute Gasteiger partial charge is 0.139 e. The lowest BCUT2D eigenvalue weighted by Gasteiger charge is -2.45. The fourth-order valence-corrected chi connectivity index (χ4v) is 4.77. The highest BCUT2D eigenvalue weighted by Crippen LogP contribution is 2.48. The highest BCUT2D eigenvalue weighted by molar-refractivity contribution is 5.84. The van der Waals surface area contributed by atoms with Gasteiger partial charge in [0, 0.05) is 32.0 Å². The van der Waals surface area contributed by atoms with E-state index in [2.05, 4.69) is 19.1 Å². The lowest BCUT2D eigenvalue weighted by Crippen LogP contribution is -2.41. The van der Waals surface area contributed by atoms with Crippen LogP contribution in [0.25, 0.3) is 0 Å². The fourth-order valence-electron chi connectivity index (χ4n) is 4.77. The molecule has 0 saturated heterocycles. The van der Waals surface area contributed by atoms with Crippen molar-refractivity contribution in [3.8, 4) is 0 Å². The van der Waals surface area contributed by atoms with Crippen molar-refractivity contribution in [1.82, 2.24) is 0 Å². The van der Waals surface area contributed by atoms with Crippen molar-refractivity contribution < 1.29 is 19.7 Å². The van der Waals surface area contributed by atoms with Crippen LogP contribution in [0.2, 0.25) is 0 Å². The van der Waals surface area contributed by atoms with Gasteiger partial charge in [-0.1, -0.05) is 50.5 Å². The maximum atomic E-state index is 12.3. The van der Waals surface area contributed by atoms with Crippen LogP contribution < -0.4 is 0 Å². The maximum absolute atomic E-state index is 12.3. The number of unbranched alkanes of at least 4 members (excludes halogenated alkanes) is 2. The van der Waals surface area contributed by atoms with Crippen LogP contribution in [0.4, 0.5) is 0 Å². The van der Waals surface area contributed by atoms with Gasteiger partial charge in [0.15, 0.2) is 0 Å². The third-order valence-corrected chi connectivity index (χ3v) is 6.81. The van der Waals surface area contributed by atoms with Crippen molar-refractivity contribution in [3.63, 3.8) is 0 Å². The molecule has 2 N–H and O–H groups in total. The molecule has 2 saturated carbocycles. The molecule has 160 valence electrons. The minimum Gasteiger partial charge on any atom is -0.392 e. The molecule has 2 fully saturated rings. The molecule has 4 atom stereocenters. The van der Waals surface area contributed by atoms with E-state index in [9.17, 15) is 15.0 Å². The zero-order valence-electron chi connectivity index (χ0n) is 17.8. The summed E-state index contributed by atoms with van der Waals surface area (Å²) in [7, 11) is 1.72. The van der Waals surface area contributed by atoms with Crippen molar-refractivity contribution in [1.29, 1.82) is 0 Å². The summed E-state index contributed by atoms with van der Waals surface area (Å²) in [6.45, 7) is 2.92. The van der Waals surface area contributed by atoms with Gasteiger partial charge in [0.25, 0.3) is 0 Å². The van der Waals surface area contributed by atoms with Gasteiger partial charge in [-0.2, -0.15) is 0 Å². The minimum atomic E-state index is -0.589. The Bertz CT molecular complexity index is 521. The zero-order valence-corrected chi connectivity index (χ0v) is 17.8. The summed E-state index contributed by atoms with van der Waals surface area (Å²) in [6.07, 6.45) is 17.6. The number of Topliss-reactive ketones (excluding diaryl/α,β-unsaturated/α-hetero) is 1. The van der Waals surface area contributed by atoms with Crippen molar-refractivity contribution in [2.75, 3.05) is 13.7 Å². The van der Waals surface area contributed by atoms with Crippen LogP contribution in [0.3, 0.4) is 0 Å². The Kier molecular flexibility index (Phi) is 9.90. The number of allylic oxidation sites excluding steroid dienone is 2. The van der Waals surface area contributed by atoms with Gasteiger partial charge in [-0.05, 0) is 50.4 Å². The van der Waals surface area contributed by atoms with Gasteiger partial charge in [0.1, 0.15) is 5.78 Å². The Balaban J connectivity index is 1.87. The average Bonchev–Trinajstić information content (AvgIpc) is 2.90.